The van der Waals surface area contributed by atoms with E-state index < -0.39 is 0 Å². The quantitative estimate of drug-likeness (QED) is 0.127. The first-order valence-electron chi connectivity index (χ1n) is 14.7. The second kappa shape index (κ2) is 16.5. The van der Waals surface area contributed by atoms with Gasteiger partial charge in [0.1, 0.15) is 12.4 Å². The van der Waals surface area contributed by atoms with Crippen LogP contribution in [0.5, 0.6) is 5.75 Å². The molecule has 206 valence electrons. The fraction of sp³-hybridized carbons (Fsp3) is 0.529. The summed E-state index contributed by atoms with van der Waals surface area (Å²) in [6, 6.07) is 16.7. The lowest BCUT2D eigenvalue weighted by molar-refractivity contribution is 0.280. The fourth-order valence-electron chi connectivity index (χ4n) is 4.67. The molecule has 0 saturated carbocycles. The molecule has 1 heterocycles. The lowest BCUT2D eigenvalue weighted by Crippen LogP contribution is -2.20. The summed E-state index contributed by atoms with van der Waals surface area (Å²) >= 11 is 6.61. The Labute approximate surface area is 236 Å². The van der Waals surface area contributed by atoms with E-state index in [2.05, 4.69) is 74.1 Å². The molecule has 0 amide bonds. The zero-order valence-corrected chi connectivity index (χ0v) is 24.7. The standard InChI is InChI=1S/C34H47ClN2O/c1-5-6-7-8-9-10-14-28-23-36-34(37-24-28)31-17-15-29(16-18-31)30-19-21-32(22-20-30)38-25-33(35)27(4)13-11-12-26(2)3/h15-24,26-27,33H,5-14,25H2,1-4H3. The van der Waals surface area contributed by atoms with E-state index in [4.69, 9.17) is 16.3 Å². The number of aryl methyl sites for hydroxylation is 1. The molecule has 0 aliphatic rings. The molecule has 3 rings (SSSR count). The van der Waals surface area contributed by atoms with E-state index in [0.29, 0.717) is 12.5 Å². The van der Waals surface area contributed by atoms with Crippen LogP contribution >= 0.6 is 11.6 Å². The molecule has 0 spiro atoms. The van der Waals surface area contributed by atoms with Gasteiger partial charge in [0.05, 0.1) is 5.38 Å². The molecule has 0 fully saturated rings. The largest absolute Gasteiger partial charge is 0.492 e. The van der Waals surface area contributed by atoms with Crippen LogP contribution in [-0.4, -0.2) is 22.0 Å². The maximum atomic E-state index is 6.61. The summed E-state index contributed by atoms with van der Waals surface area (Å²) in [5, 5.41) is 0.0289. The van der Waals surface area contributed by atoms with Crippen molar-refractivity contribution in [2.45, 2.75) is 97.3 Å². The van der Waals surface area contributed by atoms with Gasteiger partial charge in [-0.05, 0) is 59.9 Å². The number of nitrogens with zero attached hydrogens (tertiary/aromatic N) is 2. The van der Waals surface area contributed by atoms with E-state index in [9.17, 15) is 0 Å². The van der Waals surface area contributed by atoms with Crippen LogP contribution < -0.4 is 4.74 Å². The molecule has 0 radical (unpaired) electrons. The number of alkyl halides is 1. The van der Waals surface area contributed by atoms with Gasteiger partial charge in [-0.25, -0.2) is 9.97 Å². The number of hydrogen-bond acceptors (Lipinski definition) is 3. The van der Waals surface area contributed by atoms with E-state index in [1.54, 1.807) is 0 Å². The van der Waals surface area contributed by atoms with Crippen molar-refractivity contribution in [2.24, 2.45) is 11.8 Å². The van der Waals surface area contributed by atoms with Gasteiger partial charge < -0.3 is 4.74 Å². The highest BCUT2D eigenvalue weighted by Crippen LogP contribution is 2.26. The maximum Gasteiger partial charge on any atom is 0.159 e. The summed E-state index contributed by atoms with van der Waals surface area (Å²) in [5.74, 6) is 2.84. The maximum absolute atomic E-state index is 6.61. The van der Waals surface area contributed by atoms with Crippen molar-refractivity contribution in [1.82, 2.24) is 9.97 Å². The predicted octanol–water partition coefficient (Wildman–Crippen LogP) is 10.2. The number of unbranched alkanes of at least 4 members (excludes halogenated alkanes) is 5. The molecular weight excluding hydrogens is 488 g/mol. The molecule has 38 heavy (non-hydrogen) atoms. The molecular formula is C34H47ClN2O. The minimum atomic E-state index is 0.0289. The Hall–Kier alpha value is -2.39. The Bertz CT molecular complexity index is 1030. The molecule has 2 atom stereocenters. The van der Waals surface area contributed by atoms with Gasteiger partial charge in [0.25, 0.3) is 0 Å². The van der Waals surface area contributed by atoms with Crippen LogP contribution in [0.1, 0.15) is 91.0 Å². The molecule has 0 saturated heterocycles. The molecule has 3 aromatic rings. The number of benzene rings is 2. The van der Waals surface area contributed by atoms with Crippen molar-refractivity contribution >= 4 is 11.6 Å². The van der Waals surface area contributed by atoms with Crippen LogP contribution in [0.2, 0.25) is 0 Å². The Kier molecular flexibility index (Phi) is 13.1. The van der Waals surface area contributed by atoms with Crippen molar-refractivity contribution in [3.63, 3.8) is 0 Å². The normalized spacial score (nSPS) is 13.0. The van der Waals surface area contributed by atoms with Crippen LogP contribution in [-0.2, 0) is 6.42 Å². The lowest BCUT2D eigenvalue weighted by Gasteiger charge is -2.19. The number of halogens is 1. The van der Waals surface area contributed by atoms with E-state index >= 15 is 0 Å². The SMILES string of the molecule is CCCCCCCCc1cnc(-c2ccc(-c3ccc(OCC(Cl)C(C)CCCC(C)C)cc3)cc2)nc1. The second-order valence-electron chi connectivity index (χ2n) is 11.2. The Balaban J connectivity index is 1.46. The third-order valence-electron chi connectivity index (χ3n) is 7.32. The van der Waals surface area contributed by atoms with Crippen LogP contribution in [0.25, 0.3) is 22.5 Å². The Morgan fingerprint density at radius 3 is 1.92 bits per heavy atom. The lowest BCUT2D eigenvalue weighted by atomic mass is 9.97. The minimum absolute atomic E-state index is 0.0289. The molecule has 2 aromatic carbocycles. The van der Waals surface area contributed by atoms with Gasteiger partial charge >= 0.3 is 0 Å². The molecule has 0 N–H and O–H groups in total. The van der Waals surface area contributed by atoms with Gasteiger partial charge in [0.2, 0.25) is 0 Å². The number of rotatable bonds is 17. The Morgan fingerprint density at radius 2 is 1.29 bits per heavy atom. The van der Waals surface area contributed by atoms with E-state index in [0.717, 1.165) is 47.0 Å². The van der Waals surface area contributed by atoms with Gasteiger partial charge in [-0.1, -0.05) is 109 Å². The van der Waals surface area contributed by atoms with Crippen molar-refractivity contribution in [1.29, 1.82) is 0 Å². The molecule has 2 unspecified atom stereocenters. The van der Waals surface area contributed by atoms with Gasteiger partial charge in [-0.2, -0.15) is 0 Å². The van der Waals surface area contributed by atoms with E-state index in [-0.39, 0.29) is 5.38 Å². The zero-order chi connectivity index (χ0) is 27.2. The summed E-state index contributed by atoms with van der Waals surface area (Å²) < 4.78 is 5.99. The fourth-order valence-corrected chi connectivity index (χ4v) is 4.86. The molecule has 3 nitrogen and oxygen atoms in total. The highest BCUT2D eigenvalue weighted by Gasteiger charge is 2.15. The number of ether oxygens (including phenoxy) is 1. The van der Waals surface area contributed by atoms with Crippen LogP contribution in [0.3, 0.4) is 0 Å². The summed E-state index contributed by atoms with van der Waals surface area (Å²) in [4.78, 5) is 9.25. The van der Waals surface area contributed by atoms with Crippen molar-refractivity contribution in [3.8, 4) is 28.3 Å². The second-order valence-corrected chi connectivity index (χ2v) is 11.7. The smallest absolute Gasteiger partial charge is 0.159 e. The highest BCUT2D eigenvalue weighted by atomic mass is 35.5. The molecule has 1 aromatic heterocycles. The van der Waals surface area contributed by atoms with Crippen molar-refractivity contribution in [2.75, 3.05) is 6.61 Å². The monoisotopic (exact) mass is 534 g/mol. The average Bonchev–Trinajstić information content (AvgIpc) is 2.94. The van der Waals surface area contributed by atoms with Crippen LogP contribution in [0.4, 0.5) is 0 Å². The van der Waals surface area contributed by atoms with Gasteiger partial charge in [-0.15, -0.1) is 11.6 Å². The average molecular weight is 535 g/mol. The minimum Gasteiger partial charge on any atom is -0.492 e. The third kappa shape index (κ3) is 10.4. The Morgan fingerprint density at radius 1 is 0.711 bits per heavy atom. The number of hydrogen-bond donors (Lipinski definition) is 0. The first-order valence-corrected chi connectivity index (χ1v) is 15.2. The molecule has 4 heteroatoms. The topological polar surface area (TPSA) is 35.0 Å². The molecule has 0 bridgehead atoms. The van der Waals surface area contributed by atoms with Crippen LogP contribution in [0.15, 0.2) is 60.9 Å². The van der Waals surface area contributed by atoms with Crippen molar-refractivity contribution in [3.05, 3.63) is 66.5 Å². The summed E-state index contributed by atoms with van der Waals surface area (Å²) in [6.45, 7) is 9.57. The first-order chi connectivity index (χ1) is 18.5. The highest BCUT2D eigenvalue weighted by molar-refractivity contribution is 6.20. The molecule has 0 aliphatic heterocycles. The van der Waals surface area contributed by atoms with E-state index in [1.807, 2.05) is 24.5 Å². The predicted molar refractivity (Wildman–Crippen MR) is 163 cm³/mol. The zero-order valence-electron chi connectivity index (χ0n) is 24.0. The summed E-state index contributed by atoms with van der Waals surface area (Å²) in [7, 11) is 0. The first kappa shape index (κ1) is 30.2. The molecule has 0 aliphatic carbocycles. The third-order valence-corrected chi connectivity index (χ3v) is 7.88. The van der Waals surface area contributed by atoms with Gasteiger partial charge in [0.15, 0.2) is 5.82 Å². The van der Waals surface area contributed by atoms with Gasteiger partial charge in [0, 0.05) is 18.0 Å². The van der Waals surface area contributed by atoms with Crippen molar-refractivity contribution < 1.29 is 4.74 Å². The van der Waals surface area contributed by atoms with Crippen LogP contribution in [0, 0.1) is 11.8 Å². The van der Waals surface area contributed by atoms with E-state index in [1.165, 1.54) is 56.9 Å². The summed E-state index contributed by atoms with van der Waals surface area (Å²) in [5.41, 5.74) is 4.58. The summed E-state index contributed by atoms with van der Waals surface area (Å²) in [6.07, 6.45) is 16.5. The van der Waals surface area contributed by atoms with Gasteiger partial charge in [-0.3, -0.25) is 0 Å². The number of aromatic nitrogens is 2.